The summed E-state index contributed by atoms with van der Waals surface area (Å²) in [7, 11) is 0. The van der Waals surface area contributed by atoms with E-state index >= 15 is 0 Å². The summed E-state index contributed by atoms with van der Waals surface area (Å²) < 4.78 is 5.87. The Bertz CT molecular complexity index is 1430. The number of carbonyl (C=O) groups excluding carboxylic acids is 2. The molecule has 0 aliphatic carbocycles. The maximum atomic E-state index is 13.3. The zero-order chi connectivity index (χ0) is 23.1. The highest BCUT2D eigenvalue weighted by Crippen LogP contribution is 2.32. The Kier molecular flexibility index (Phi) is 4.87. The number of piperazine rings is 1. The Morgan fingerprint density at radius 1 is 0.912 bits per heavy atom. The first-order valence-corrected chi connectivity index (χ1v) is 11.2. The lowest BCUT2D eigenvalue weighted by Gasteiger charge is -2.40. The summed E-state index contributed by atoms with van der Waals surface area (Å²) in [5, 5.41) is 6.77. The van der Waals surface area contributed by atoms with E-state index in [2.05, 4.69) is 16.2 Å². The number of hydrogen-bond acceptors (Lipinski definition) is 4. The predicted octanol–water partition coefficient (Wildman–Crippen LogP) is 4.09. The first-order chi connectivity index (χ1) is 16.7. The number of para-hydroxylation sites is 2. The largest absolute Gasteiger partial charge is 0.457 e. The molecule has 0 unspecified atom stereocenters. The molecule has 7 heteroatoms. The second-order valence-electron chi connectivity index (χ2n) is 8.50. The Morgan fingerprint density at radius 3 is 2.59 bits per heavy atom. The van der Waals surface area contributed by atoms with E-state index in [1.54, 1.807) is 11.1 Å². The number of nitrogens with one attached hydrogen (secondary N) is 1. The number of aromatic nitrogens is 1. The van der Waals surface area contributed by atoms with Gasteiger partial charge < -0.3 is 14.6 Å². The van der Waals surface area contributed by atoms with Crippen molar-refractivity contribution in [3.05, 3.63) is 95.7 Å². The topological polar surface area (TPSA) is 78.0 Å². The van der Waals surface area contributed by atoms with Crippen molar-refractivity contribution < 1.29 is 14.3 Å². The van der Waals surface area contributed by atoms with Crippen molar-refractivity contribution >= 4 is 28.9 Å². The van der Waals surface area contributed by atoms with E-state index in [0.717, 1.165) is 33.5 Å². The van der Waals surface area contributed by atoms with Gasteiger partial charge in [0, 0.05) is 23.0 Å². The summed E-state index contributed by atoms with van der Waals surface area (Å²) >= 11 is 0. The van der Waals surface area contributed by atoms with Gasteiger partial charge in [0.05, 0.1) is 12.8 Å². The molecule has 2 amide bonds. The normalized spacial score (nSPS) is 17.8. The monoisotopic (exact) mass is 450 g/mol. The van der Waals surface area contributed by atoms with E-state index in [4.69, 9.17) is 4.74 Å². The fourth-order valence-electron chi connectivity index (χ4n) is 4.68. The number of nitrogens with zero attached hydrogens (tertiary/aromatic N) is 3. The Balaban J connectivity index is 1.22. The Morgan fingerprint density at radius 2 is 1.71 bits per heavy atom. The van der Waals surface area contributed by atoms with Crippen LogP contribution >= 0.6 is 0 Å². The van der Waals surface area contributed by atoms with Crippen LogP contribution in [0, 0.1) is 0 Å². The molecule has 34 heavy (non-hydrogen) atoms. The third kappa shape index (κ3) is 3.61. The molecule has 0 radical (unpaired) electrons. The lowest BCUT2D eigenvalue weighted by molar-refractivity contribution is -0.157. The Hall–Kier alpha value is -4.39. The zero-order valence-corrected chi connectivity index (χ0v) is 18.3. The quantitative estimate of drug-likeness (QED) is 0.476. The number of hydrogen-bond donors (Lipinski definition) is 1. The van der Waals surface area contributed by atoms with Gasteiger partial charge in [-0.05, 0) is 41.5 Å². The SMILES string of the molecule is O=C1[C@H]2Cc3c([nH]c4ccccc34)CN2C(=O)CN1/N=C/c1cccc(Oc2ccccc2)c1. The van der Waals surface area contributed by atoms with Gasteiger partial charge in [-0.3, -0.25) is 9.59 Å². The lowest BCUT2D eigenvalue weighted by atomic mass is 9.94. The summed E-state index contributed by atoms with van der Waals surface area (Å²) in [4.78, 5) is 31.3. The smallest absolute Gasteiger partial charge is 0.266 e. The minimum Gasteiger partial charge on any atom is -0.457 e. The van der Waals surface area contributed by atoms with Crippen molar-refractivity contribution in [2.24, 2.45) is 5.10 Å². The molecule has 1 saturated heterocycles. The second-order valence-corrected chi connectivity index (χ2v) is 8.50. The van der Waals surface area contributed by atoms with E-state index in [9.17, 15) is 9.59 Å². The molecule has 1 atom stereocenters. The second kappa shape index (κ2) is 8.19. The molecule has 0 saturated carbocycles. The fraction of sp³-hybridized carbons (Fsp3) is 0.148. The van der Waals surface area contributed by atoms with Gasteiger partial charge in [-0.2, -0.15) is 5.10 Å². The van der Waals surface area contributed by atoms with Gasteiger partial charge in [0.2, 0.25) is 5.91 Å². The number of amides is 2. The van der Waals surface area contributed by atoms with Gasteiger partial charge in [0.1, 0.15) is 24.1 Å². The Labute approximate surface area is 196 Å². The van der Waals surface area contributed by atoms with E-state index < -0.39 is 6.04 Å². The highest BCUT2D eigenvalue weighted by molar-refractivity contribution is 5.97. The predicted molar refractivity (Wildman–Crippen MR) is 129 cm³/mol. The summed E-state index contributed by atoms with van der Waals surface area (Å²) in [6, 6.07) is 24.5. The molecule has 1 N–H and O–H groups in total. The number of rotatable bonds is 4. The highest BCUT2D eigenvalue weighted by atomic mass is 16.5. The minimum absolute atomic E-state index is 0.0679. The molecule has 0 spiro atoms. The van der Waals surface area contributed by atoms with Crippen LogP contribution in [0.15, 0.2) is 84.0 Å². The van der Waals surface area contributed by atoms with E-state index in [1.807, 2.05) is 72.8 Å². The number of hydrazone groups is 1. The van der Waals surface area contributed by atoms with Crippen LogP contribution in [0.25, 0.3) is 10.9 Å². The molecule has 1 aromatic heterocycles. The third-order valence-corrected chi connectivity index (χ3v) is 6.33. The van der Waals surface area contributed by atoms with Crippen LogP contribution in [0.3, 0.4) is 0 Å². The number of H-pyrrole nitrogens is 1. The van der Waals surface area contributed by atoms with E-state index in [-0.39, 0.29) is 18.4 Å². The van der Waals surface area contributed by atoms with Crippen LogP contribution in [0.4, 0.5) is 0 Å². The number of aromatic amines is 1. The summed E-state index contributed by atoms with van der Waals surface area (Å²) in [5.41, 5.74) is 3.92. The third-order valence-electron chi connectivity index (χ3n) is 6.33. The minimum atomic E-state index is -0.544. The van der Waals surface area contributed by atoms with Gasteiger partial charge in [0.15, 0.2) is 0 Å². The molecule has 168 valence electrons. The average Bonchev–Trinajstić information content (AvgIpc) is 3.23. The number of benzene rings is 3. The fourth-order valence-corrected chi connectivity index (χ4v) is 4.68. The van der Waals surface area contributed by atoms with Crippen LogP contribution in [0.1, 0.15) is 16.8 Å². The highest BCUT2D eigenvalue weighted by Gasteiger charge is 2.43. The van der Waals surface area contributed by atoms with Gasteiger partial charge in [0.25, 0.3) is 5.91 Å². The number of fused-ring (bicyclic) bond motifs is 4. The molecule has 4 aromatic rings. The first-order valence-electron chi connectivity index (χ1n) is 11.2. The van der Waals surface area contributed by atoms with Crippen molar-refractivity contribution in [1.29, 1.82) is 0 Å². The van der Waals surface area contributed by atoms with Crippen molar-refractivity contribution in [2.45, 2.75) is 19.0 Å². The van der Waals surface area contributed by atoms with Crippen molar-refractivity contribution in [3.63, 3.8) is 0 Å². The lowest BCUT2D eigenvalue weighted by Crippen LogP contribution is -2.60. The number of ether oxygens (including phenoxy) is 1. The molecule has 3 aromatic carbocycles. The first kappa shape index (κ1) is 20.2. The van der Waals surface area contributed by atoms with E-state index in [1.165, 1.54) is 5.01 Å². The van der Waals surface area contributed by atoms with Crippen molar-refractivity contribution in [2.75, 3.05) is 6.54 Å². The van der Waals surface area contributed by atoms with Crippen LogP contribution in [0.2, 0.25) is 0 Å². The van der Waals surface area contributed by atoms with Gasteiger partial charge in [-0.25, -0.2) is 5.01 Å². The molecule has 2 aliphatic rings. The molecule has 7 nitrogen and oxygen atoms in total. The molecular formula is C27H22N4O3. The number of carbonyl (C=O) groups is 2. The standard InChI is InChI=1S/C27H22N4O3/c32-26-17-31(28-15-18-7-6-10-20(13-18)34-19-8-2-1-3-9-19)27(33)25-14-22-21-11-4-5-12-23(21)29-24(22)16-30(25)26/h1-13,15,25,29H,14,16-17H2/b28-15+/t25-/m1/s1. The average molecular weight is 450 g/mol. The summed E-state index contributed by atoms with van der Waals surface area (Å²) in [6.45, 7) is 0.345. The van der Waals surface area contributed by atoms with Crippen molar-refractivity contribution in [1.82, 2.24) is 14.9 Å². The van der Waals surface area contributed by atoms with Gasteiger partial charge in [-0.1, -0.05) is 48.5 Å². The van der Waals surface area contributed by atoms with Crippen molar-refractivity contribution in [3.8, 4) is 11.5 Å². The molecule has 1 fully saturated rings. The van der Waals surface area contributed by atoms with Crippen LogP contribution in [-0.2, 0) is 22.6 Å². The van der Waals surface area contributed by atoms with Crippen LogP contribution in [-0.4, -0.2) is 45.5 Å². The van der Waals surface area contributed by atoms with Gasteiger partial charge in [-0.15, -0.1) is 0 Å². The zero-order valence-electron chi connectivity index (χ0n) is 18.3. The van der Waals surface area contributed by atoms with E-state index in [0.29, 0.717) is 18.7 Å². The summed E-state index contributed by atoms with van der Waals surface area (Å²) in [5.74, 6) is 1.14. The van der Waals surface area contributed by atoms with Crippen LogP contribution < -0.4 is 4.74 Å². The van der Waals surface area contributed by atoms with Crippen LogP contribution in [0.5, 0.6) is 11.5 Å². The molecular weight excluding hydrogens is 428 g/mol. The summed E-state index contributed by atoms with van der Waals surface area (Å²) in [6.07, 6.45) is 2.08. The molecule has 2 aliphatic heterocycles. The molecule has 0 bridgehead atoms. The molecule has 6 rings (SSSR count). The van der Waals surface area contributed by atoms with Gasteiger partial charge >= 0.3 is 0 Å². The molecule has 3 heterocycles. The maximum Gasteiger partial charge on any atom is 0.266 e. The maximum absolute atomic E-state index is 13.3.